The minimum Gasteiger partial charge on any atom is -0.406 e. The molecule has 0 saturated heterocycles. The van der Waals surface area contributed by atoms with Gasteiger partial charge in [0.2, 0.25) is 5.91 Å². The van der Waals surface area contributed by atoms with Crippen LogP contribution in [0.25, 0.3) is 11.1 Å². The lowest BCUT2D eigenvalue weighted by Gasteiger charge is -2.12. The Bertz CT molecular complexity index is 1070. The Morgan fingerprint density at radius 1 is 1.03 bits per heavy atom. The predicted octanol–water partition coefficient (Wildman–Crippen LogP) is 4.44. The zero-order chi connectivity index (χ0) is 21.7. The molecular weight excluding hydrogens is 399 g/mol. The van der Waals surface area contributed by atoms with E-state index in [4.69, 9.17) is 5.73 Å². The maximum absolute atomic E-state index is 12.5. The van der Waals surface area contributed by atoms with Gasteiger partial charge in [-0.2, -0.15) is 0 Å². The highest BCUT2D eigenvalue weighted by atomic mass is 19.4. The van der Waals surface area contributed by atoms with Gasteiger partial charge in [0.05, 0.1) is 17.8 Å². The van der Waals surface area contributed by atoms with Gasteiger partial charge in [-0.15, -0.1) is 13.2 Å². The first kappa shape index (κ1) is 20.8. The van der Waals surface area contributed by atoms with Gasteiger partial charge in [0, 0.05) is 29.6 Å². The molecule has 3 N–H and O–H groups in total. The van der Waals surface area contributed by atoms with Crippen LogP contribution in [0.2, 0.25) is 0 Å². The van der Waals surface area contributed by atoms with E-state index >= 15 is 0 Å². The molecule has 30 heavy (non-hydrogen) atoms. The number of alkyl halides is 3. The monoisotopic (exact) mass is 415 g/mol. The summed E-state index contributed by atoms with van der Waals surface area (Å²) in [7, 11) is 0. The number of nitrogen functional groups attached to an aromatic ring is 1. The second kappa shape index (κ2) is 8.64. The minimum atomic E-state index is -4.88. The minimum absolute atomic E-state index is 0.0314. The van der Waals surface area contributed by atoms with Crippen LogP contribution in [0, 0.1) is 0 Å². The summed E-state index contributed by atoms with van der Waals surface area (Å²) >= 11 is 0. The van der Waals surface area contributed by atoms with E-state index in [-0.39, 0.29) is 11.4 Å². The summed E-state index contributed by atoms with van der Waals surface area (Å²) < 4.78 is 40.9. The van der Waals surface area contributed by atoms with Crippen molar-refractivity contribution in [3.63, 3.8) is 0 Å². The van der Waals surface area contributed by atoms with Gasteiger partial charge >= 0.3 is 6.36 Å². The van der Waals surface area contributed by atoms with E-state index < -0.39 is 30.2 Å². The molecule has 0 atom stereocenters. The van der Waals surface area contributed by atoms with Crippen molar-refractivity contribution in [2.24, 2.45) is 0 Å². The third-order valence-electron chi connectivity index (χ3n) is 4.03. The van der Waals surface area contributed by atoms with Gasteiger partial charge in [0.15, 0.2) is 5.78 Å². The number of nitrogens with one attached hydrogen (secondary N) is 1. The van der Waals surface area contributed by atoms with E-state index in [1.807, 2.05) is 6.07 Å². The SMILES string of the molecule is Nc1ccc(OC(F)(F)F)cc1NC(=O)CC(=O)c1cccc(-c2cccnc2)c1. The number of carbonyl (C=O) groups is 2. The van der Waals surface area contributed by atoms with Gasteiger partial charge in [0.1, 0.15) is 5.75 Å². The Morgan fingerprint density at radius 2 is 1.80 bits per heavy atom. The number of rotatable bonds is 6. The zero-order valence-corrected chi connectivity index (χ0v) is 15.4. The van der Waals surface area contributed by atoms with Gasteiger partial charge in [-0.25, -0.2) is 0 Å². The lowest BCUT2D eigenvalue weighted by atomic mass is 10.0. The van der Waals surface area contributed by atoms with Crippen LogP contribution in [0.4, 0.5) is 24.5 Å². The molecular formula is C21H16F3N3O3. The van der Waals surface area contributed by atoms with E-state index in [2.05, 4.69) is 15.0 Å². The fraction of sp³-hybridized carbons (Fsp3) is 0.0952. The quantitative estimate of drug-likeness (QED) is 0.353. The van der Waals surface area contributed by atoms with Gasteiger partial charge < -0.3 is 15.8 Å². The number of anilines is 2. The second-order valence-electron chi connectivity index (χ2n) is 6.27. The predicted molar refractivity (Wildman–Crippen MR) is 105 cm³/mol. The van der Waals surface area contributed by atoms with Crippen LogP contribution < -0.4 is 15.8 Å². The molecule has 3 aromatic rings. The van der Waals surface area contributed by atoms with Crippen LogP contribution in [-0.2, 0) is 4.79 Å². The van der Waals surface area contributed by atoms with Gasteiger partial charge in [-0.1, -0.05) is 24.3 Å². The number of nitrogens with zero attached hydrogens (tertiary/aromatic N) is 1. The molecule has 0 aliphatic heterocycles. The molecule has 3 rings (SSSR count). The summed E-state index contributed by atoms with van der Waals surface area (Å²) in [4.78, 5) is 28.8. The number of hydrogen-bond donors (Lipinski definition) is 2. The lowest BCUT2D eigenvalue weighted by Crippen LogP contribution is -2.19. The molecule has 1 amide bonds. The number of nitrogens with two attached hydrogens (primary N) is 1. The first-order valence-corrected chi connectivity index (χ1v) is 8.70. The van der Waals surface area contributed by atoms with Crippen LogP contribution in [0.1, 0.15) is 16.8 Å². The Hall–Kier alpha value is -3.88. The van der Waals surface area contributed by atoms with Crippen molar-refractivity contribution in [1.29, 1.82) is 0 Å². The summed E-state index contributed by atoms with van der Waals surface area (Å²) in [6, 6.07) is 13.4. The van der Waals surface area contributed by atoms with E-state index in [0.717, 1.165) is 29.3 Å². The maximum Gasteiger partial charge on any atom is 0.573 e. The summed E-state index contributed by atoms with van der Waals surface area (Å²) in [5.74, 6) is -1.72. The summed E-state index contributed by atoms with van der Waals surface area (Å²) in [5, 5.41) is 2.34. The van der Waals surface area contributed by atoms with Crippen LogP contribution in [0.3, 0.4) is 0 Å². The van der Waals surface area contributed by atoms with E-state index in [0.29, 0.717) is 5.56 Å². The summed E-state index contributed by atoms with van der Waals surface area (Å²) in [6.45, 7) is 0. The van der Waals surface area contributed by atoms with Crippen molar-refractivity contribution < 1.29 is 27.5 Å². The second-order valence-corrected chi connectivity index (χ2v) is 6.27. The topological polar surface area (TPSA) is 94.3 Å². The number of pyridine rings is 1. The van der Waals surface area contributed by atoms with Crippen molar-refractivity contribution >= 4 is 23.1 Å². The number of halogens is 3. The van der Waals surface area contributed by atoms with Crippen molar-refractivity contribution in [2.45, 2.75) is 12.8 Å². The van der Waals surface area contributed by atoms with E-state index in [9.17, 15) is 22.8 Å². The van der Waals surface area contributed by atoms with Gasteiger partial charge in [-0.3, -0.25) is 14.6 Å². The van der Waals surface area contributed by atoms with Crippen molar-refractivity contribution in [3.8, 4) is 16.9 Å². The highest BCUT2D eigenvalue weighted by molar-refractivity contribution is 6.11. The van der Waals surface area contributed by atoms with Crippen LogP contribution >= 0.6 is 0 Å². The van der Waals surface area contributed by atoms with Crippen LogP contribution in [-0.4, -0.2) is 23.0 Å². The molecule has 0 unspecified atom stereocenters. The highest BCUT2D eigenvalue weighted by Crippen LogP contribution is 2.29. The number of Topliss-reactive ketones (excluding diaryl/α,β-unsaturated/α-hetero) is 1. The molecule has 154 valence electrons. The fourth-order valence-electron chi connectivity index (χ4n) is 2.69. The third kappa shape index (κ3) is 5.57. The van der Waals surface area contributed by atoms with Gasteiger partial charge in [0.25, 0.3) is 0 Å². The van der Waals surface area contributed by atoms with Crippen LogP contribution in [0.5, 0.6) is 5.75 Å². The molecule has 1 aromatic heterocycles. The number of ketones is 1. The molecule has 0 radical (unpaired) electrons. The van der Waals surface area contributed by atoms with E-state index in [1.165, 1.54) is 0 Å². The Balaban J connectivity index is 1.70. The Morgan fingerprint density at radius 3 is 2.50 bits per heavy atom. The number of benzene rings is 2. The Kier molecular flexibility index (Phi) is 6.01. The van der Waals surface area contributed by atoms with Crippen molar-refractivity contribution in [3.05, 3.63) is 72.6 Å². The third-order valence-corrected chi connectivity index (χ3v) is 4.03. The standard InChI is InChI=1S/C21H16F3N3O3/c22-21(23,24)30-16-6-7-17(25)18(10-16)27-20(29)11-19(28)14-4-1-3-13(9-14)15-5-2-8-26-12-15/h1-10,12H,11,25H2,(H,27,29). The zero-order valence-electron chi connectivity index (χ0n) is 15.4. The molecule has 0 fully saturated rings. The molecule has 6 nitrogen and oxygen atoms in total. The molecule has 0 bridgehead atoms. The van der Waals surface area contributed by atoms with E-state index in [1.54, 1.807) is 42.7 Å². The highest BCUT2D eigenvalue weighted by Gasteiger charge is 2.31. The molecule has 0 aliphatic rings. The molecule has 0 aliphatic carbocycles. The van der Waals surface area contributed by atoms with Crippen molar-refractivity contribution in [2.75, 3.05) is 11.1 Å². The van der Waals surface area contributed by atoms with Gasteiger partial charge in [-0.05, 0) is 29.8 Å². The summed E-state index contributed by atoms with van der Waals surface area (Å²) in [5.41, 5.74) is 7.52. The molecule has 1 heterocycles. The lowest BCUT2D eigenvalue weighted by molar-refractivity contribution is -0.274. The number of carbonyl (C=O) groups excluding carboxylic acids is 2. The van der Waals surface area contributed by atoms with Crippen molar-refractivity contribution in [1.82, 2.24) is 4.98 Å². The number of ether oxygens (including phenoxy) is 1. The van der Waals surface area contributed by atoms with Crippen LogP contribution in [0.15, 0.2) is 67.0 Å². The molecule has 2 aromatic carbocycles. The Labute approximate surface area is 169 Å². The fourth-order valence-corrected chi connectivity index (χ4v) is 2.69. The molecule has 9 heteroatoms. The first-order valence-electron chi connectivity index (χ1n) is 8.70. The normalized spacial score (nSPS) is 11.0. The average Bonchev–Trinajstić information content (AvgIpc) is 2.70. The number of hydrogen-bond acceptors (Lipinski definition) is 5. The molecule has 0 spiro atoms. The number of aromatic nitrogens is 1. The maximum atomic E-state index is 12.5. The average molecular weight is 415 g/mol. The summed E-state index contributed by atoms with van der Waals surface area (Å²) in [6.07, 6.45) is -2.12. The first-order chi connectivity index (χ1) is 14.2. The largest absolute Gasteiger partial charge is 0.573 e. The number of amides is 1. The molecule has 0 saturated carbocycles. The smallest absolute Gasteiger partial charge is 0.406 e.